The largest absolute Gasteiger partial charge is 0.482 e. The normalized spacial score (nSPS) is 16.4. The van der Waals surface area contributed by atoms with E-state index in [1.165, 1.54) is 35.4 Å². The highest BCUT2D eigenvalue weighted by Gasteiger charge is 2.32. The zero-order valence-electron chi connectivity index (χ0n) is 24.7. The van der Waals surface area contributed by atoms with Crippen molar-refractivity contribution in [1.29, 1.82) is 0 Å². The number of rotatable bonds is 9. The number of carbonyl (C=O) groups is 2. The minimum absolute atomic E-state index is 0.211. The number of nitrogens with zero attached hydrogens (tertiary/aromatic N) is 4. The fourth-order valence-electron chi connectivity index (χ4n) is 5.28. The average molecular weight is 662 g/mol. The summed E-state index contributed by atoms with van der Waals surface area (Å²) in [5.74, 6) is -0.258. The van der Waals surface area contributed by atoms with Crippen molar-refractivity contribution < 1.29 is 27.5 Å². The standard InChI is InChI=1S/C31H34Cl2N4O6S/c1-34(2)44(40,41)29-7-5-4-6-23(29)21-8-10-22(11-9-21)27(18-36-12-14-42-15-13-36)35(3)30(38)19-37-26-16-24(32)25(33)17-28(26)43-20-31(37)39/h4-11,16-17,27H,12-15,18-20H2,1-3H3. The molecule has 0 radical (unpaired) electrons. The summed E-state index contributed by atoms with van der Waals surface area (Å²) in [6.07, 6.45) is 0. The number of halogens is 2. The van der Waals surface area contributed by atoms with Gasteiger partial charge in [0.1, 0.15) is 12.3 Å². The van der Waals surface area contributed by atoms with Crippen LogP contribution in [0.25, 0.3) is 11.1 Å². The van der Waals surface area contributed by atoms with E-state index in [9.17, 15) is 18.0 Å². The van der Waals surface area contributed by atoms with Crippen LogP contribution in [0.3, 0.4) is 0 Å². The molecule has 0 saturated carbocycles. The zero-order chi connectivity index (χ0) is 31.6. The number of likely N-dealkylation sites (N-methyl/N-ethyl adjacent to an activating group) is 1. The molecule has 2 aliphatic heterocycles. The molecule has 1 fully saturated rings. The second kappa shape index (κ2) is 13.4. The molecule has 2 heterocycles. The maximum absolute atomic E-state index is 13.8. The Balaban J connectivity index is 1.44. The van der Waals surface area contributed by atoms with Crippen LogP contribution in [0.2, 0.25) is 10.0 Å². The molecule has 5 rings (SSSR count). The van der Waals surface area contributed by atoms with Gasteiger partial charge in [-0.15, -0.1) is 0 Å². The van der Waals surface area contributed by atoms with Gasteiger partial charge in [0.05, 0.1) is 39.9 Å². The molecule has 2 aliphatic rings. The van der Waals surface area contributed by atoms with E-state index in [0.717, 1.165) is 24.2 Å². The van der Waals surface area contributed by atoms with Crippen LogP contribution in [0, 0.1) is 0 Å². The minimum atomic E-state index is -3.67. The van der Waals surface area contributed by atoms with Crippen molar-refractivity contribution in [3.05, 3.63) is 76.3 Å². The van der Waals surface area contributed by atoms with Gasteiger partial charge in [0, 0.05) is 52.4 Å². The molecule has 0 spiro atoms. The van der Waals surface area contributed by atoms with Gasteiger partial charge >= 0.3 is 0 Å². The van der Waals surface area contributed by atoms with E-state index in [1.807, 2.05) is 24.3 Å². The van der Waals surface area contributed by atoms with E-state index in [2.05, 4.69) is 4.90 Å². The van der Waals surface area contributed by atoms with E-state index in [-0.39, 0.29) is 40.9 Å². The van der Waals surface area contributed by atoms with Crippen molar-refractivity contribution in [2.75, 3.05) is 72.0 Å². The van der Waals surface area contributed by atoms with Gasteiger partial charge in [-0.2, -0.15) is 0 Å². The van der Waals surface area contributed by atoms with E-state index >= 15 is 0 Å². The van der Waals surface area contributed by atoms with Crippen molar-refractivity contribution in [3.8, 4) is 16.9 Å². The molecular weight excluding hydrogens is 627 g/mol. The number of morpholine rings is 1. The molecule has 0 aliphatic carbocycles. The Labute approximate surface area is 267 Å². The molecule has 10 nitrogen and oxygen atoms in total. The summed E-state index contributed by atoms with van der Waals surface area (Å²) in [5.41, 5.74) is 2.58. The number of ether oxygens (including phenoxy) is 2. The van der Waals surface area contributed by atoms with Crippen LogP contribution in [-0.2, 0) is 24.3 Å². The molecule has 1 atom stereocenters. The average Bonchev–Trinajstić information content (AvgIpc) is 3.02. The molecule has 0 N–H and O–H groups in total. The van der Waals surface area contributed by atoms with Gasteiger partial charge < -0.3 is 14.4 Å². The first-order valence-corrected chi connectivity index (χ1v) is 16.3. The number of amides is 2. The number of carbonyl (C=O) groups excluding carboxylic acids is 2. The Morgan fingerprint density at radius 3 is 2.32 bits per heavy atom. The van der Waals surface area contributed by atoms with Crippen molar-refractivity contribution in [3.63, 3.8) is 0 Å². The molecular formula is C31H34Cl2N4O6S. The highest BCUT2D eigenvalue weighted by molar-refractivity contribution is 7.89. The highest BCUT2D eigenvalue weighted by Crippen LogP contribution is 2.39. The minimum Gasteiger partial charge on any atom is -0.482 e. The van der Waals surface area contributed by atoms with Gasteiger partial charge in [0.15, 0.2) is 6.61 Å². The smallest absolute Gasteiger partial charge is 0.265 e. The first-order valence-electron chi connectivity index (χ1n) is 14.1. The molecule has 2 amide bonds. The van der Waals surface area contributed by atoms with Gasteiger partial charge in [-0.3, -0.25) is 19.4 Å². The van der Waals surface area contributed by atoms with Crippen LogP contribution < -0.4 is 9.64 Å². The maximum atomic E-state index is 13.8. The van der Waals surface area contributed by atoms with E-state index in [1.54, 1.807) is 36.2 Å². The number of benzene rings is 3. The zero-order valence-corrected chi connectivity index (χ0v) is 27.0. The summed E-state index contributed by atoms with van der Waals surface area (Å²) in [6, 6.07) is 17.2. The van der Waals surface area contributed by atoms with Crippen molar-refractivity contribution in [2.45, 2.75) is 10.9 Å². The van der Waals surface area contributed by atoms with Crippen LogP contribution in [0.15, 0.2) is 65.6 Å². The lowest BCUT2D eigenvalue weighted by atomic mass is 9.99. The second-order valence-electron chi connectivity index (χ2n) is 10.8. The molecule has 234 valence electrons. The lowest BCUT2D eigenvalue weighted by Gasteiger charge is -2.37. The third-order valence-electron chi connectivity index (χ3n) is 7.89. The van der Waals surface area contributed by atoms with Gasteiger partial charge in [-0.05, 0) is 23.3 Å². The predicted octanol–water partition coefficient (Wildman–Crippen LogP) is 4.17. The first-order chi connectivity index (χ1) is 21.0. The van der Waals surface area contributed by atoms with Crippen LogP contribution in [0.4, 0.5) is 5.69 Å². The SMILES string of the molecule is CN(C(=O)CN1C(=O)COc2cc(Cl)c(Cl)cc21)C(CN1CCOCC1)c1ccc(-c2ccccc2S(=O)(=O)N(C)C)cc1. The molecule has 0 bridgehead atoms. The van der Waals surface area contributed by atoms with Crippen LogP contribution in [0.1, 0.15) is 11.6 Å². The summed E-state index contributed by atoms with van der Waals surface area (Å²) in [7, 11) is 1.07. The number of hydrogen-bond acceptors (Lipinski definition) is 7. The third-order valence-corrected chi connectivity index (χ3v) is 10.5. The molecule has 0 aromatic heterocycles. The summed E-state index contributed by atoms with van der Waals surface area (Å²) < 4.78 is 38.3. The number of hydrogen-bond donors (Lipinski definition) is 0. The van der Waals surface area contributed by atoms with Crippen molar-refractivity contribution >= 4 is 50.7 Å². The van der Waals surface area contributed by atoms with Gasteiger partial charge in [-0.25, -0.2) is 12.7 Å². The lowest BCUT2D eigenvalue weighted by Crippen LogP contribution is -2.48. The molecule has 1 saturated heterocycles. The van der Waals surface area contributed by atoms with Crippen LogP contribution in [-0.4, -0.2) is 101 Å². The number of anilines is 1. The highest BCUT2D eigenvalue weighted by atomic mass is 35.5. The Morgan fingerprint density at radius 2 is 1.64 bits per heavy atom. The fourth-order valence-corrected chi connectivity index (χ4v) is 6.70. The van der Waals surface area contributed by atoms with Gasteiger partial charge in [-0.1, -0.05) is 65.7 Å². The quantitative estimate of drug-likeness (QED) is 0.340. The van der Waals surface area contributed by atoms with E-state index in [4.69, 9.17) is 32.7 Å². The topological polar surface area (TPSA) is 99.7 Å². The Kier molecular flexibility index (Phi) is 9.83. The van der Waals surface area contributed by atoms with Crippen molar-refractivity contribution in [2.24, 2.45) is 0 Å². The lowest BCUT2D eigenvalue weighted by molar-refractivity contribution is -0.133. The fraction of sp³-hybridized carbons (Fsp3) is 0.355. The Bertz CT molecular complexity index is 1650. The molecule has 13 heteroatoms. The van der Waals surface area contributed by atoms with Crippen LogP contribution >= 0.6 is 23.2 Å². The molecule has 3 aromatic rings. The summed E-state index contributed by atoms with van der Waals surface area (Å²) in [6.45, 7) is 2.77. The Morgan fingerprint density at radius 1 is 0.977 bits per heavy atom. The van der Waals surface area contributed by atoms with Gasteiger partial charge in [0.2, 0.25) is 15.9 Å². The third kappa shape index (κ3) is 6.73. The van der Waals surface area contributed by atoms with Crippen molar-refractivity contribution in [1.82, 2.24) is 14.1 Å². The maximum Gasteiger partial charge on any atom is 0.265 e. The first kappa shape index (κ1) is 32.2. The predicted molar refractivity (Wildman–Crippen MR) is 170 cm³/mol. The number of fused-ring (bicyclic) bond motifs is 1. The van der Waals surface area contributed by atoms with E-state index < -0.39 is 10.0 Å². The van der Waals surface area contributed by atoms with Crippen LogP contribution in [0.5, 0.6) is 5.75 Å². The summed E-state index contributed by atoms with van der Waals surface area (Å²) >= 11 is 12.4. The monoisotopic (exact) mass is 660 g/mol. The summed E-state index contributed by atoms with van der Waals surface area (Å²) in [4.78, 5) is 32.1. The molecule has 3 aromatic carbocycles. The summed E-state index contributed by atoms with van der Waals surface area (Å²) in [5, 5.41) is 0.541. The molecule has 44 heavy (non-hydrogen) atoms. The number of sulfonamides is 1. The Hall–Kier alpha value is -3.19. The van der Waals surface area contributed by atoms with E-state index in [0.29, 0.717) is 41.8 Å². The van der Waals surface area contributed by atoms with Gasteiger partial charge in [0.25, 0.3) is 5.91 Å². The second-order valence-corrected chi connectivity index (χ2v) is 13.8. The molecule has 1 unspecified atom stereocenters.